The molecular formula is C13H18F2N2O3S. The van der Waals surface area contributed by atoms with Crippen LogP contribution in [0.15, 0.2) is 17.0 Å². The first-order valence-electron chi connectivity index (χ1n) is 6.65. The van der Waals surface area contributed by atoms with E-state index in [1.807, 2.05) is 6.92 Å². The van der Waals surface area contributed by atoms with E-state index in [1.165, 1.54) is 4.31 Å². The fraction of sp³-hybridized carbons (Fsp3) is 0.538. The van der Waals surface area contributed by atoms with Crippen LogP contribution in [0.5, 0.6) is 0 Å². The van der Waals surface area contributed by atoms with Crippen LogP contribution in [-0.4, -0.2) is 38.0 Å². The molecule has 1 aliphatic heterocycles. The quantitative estimate of drug-likeness (QED) is 0.861. The van der Waals surface area contributed by atoms with Gasteiger partial charge in [-0.3, -0.25) is 0 Å². The summed E-state index contributed by atoms with van der Waals surface area (Å²) in [6.07, 6.45) is 0.244. The number of nitrogens with zero attached hydrogens (tertiary/aromatic N) is 1. The standard InChI is InChI=1S/C13H18F2N2O3S/c1-3-9-7-20-8(2)6-17(9)21(18,19)13-5-12(16)10(14)4-11(13)15/h4-5,8-9H,3,6-7,16H2,1-2H3. The smallest absolute Gasteiger partial charge is 0.246 e. The highest BCUT2D eigenvalue weighted by molar-refractivity contribution is 7.89. The number of ether oxygens (including phenoxy) is 1. The molecule has 0 bridgehead atoms. The van der Waals surface area contributed by atoms with Gasteiger partial charge in [-0.25, -0.2) is 17.2 Å². The summed E-state index contributed by atoms with van der Waals surface area (Å²) in [6, 6.07) is 0.941. The third kappa shape index (κ3) is 3.02. The van der Waals surface area contributed by atoms with E-state index >= 15 is 0 Å². The molecule has 0 amide bonds. The first kappa shape index (κ1) is 16.1. The van der Waals surface area contributed by atoms with Crippen LogP contribution in [0.4, 0.5) is 14.5 Å². The Bertz CT molecular complexity index is 637. The summed E-state index contributed by atoms with van der Waals surface area (Å²) in [5, 5.41) is 0. The van der Waals surface area contributed by atoms with Crippen molar-refractivity contribution in [2.45, 2.75) is 37.3 Å². The molecule has 21 heavy (non-hydrogen) atoms. The molecule has 1 aromatic rings. The lowest BCUT2D eigenvalue weighted by Gasteiger charge is -2.37. The molecular weight excluding hydrogens is 302 g/mol. The zero-order valence-electron chi connectivity index (χ0n) is 11.8. The summed E-state index contributed by atoms with van der Waals surface area (Å²) in [4.78, 5) is -0.603. The number of hydrogen-bond acceptors (Lipinski definition) is 4. The monoisotopic (exact) mass is 320 g/mol. The molecule has 5 nitrogen and oxygen atoms in total. The Kier molecular flexibility index (Phi) is 4.50. The molecule has 0 spiro atoms. The number of morpholine rings is 1. The maximum absolute atomic E-state index is 13.9. The molecule has 1 fully saturated rings. The maximum atomic E-state index is 13.9. The number of halogens is 2. The lowest BCUT2D eigenvalue weighted by Crippen LogP contribution is -2.51. The van der Waals surface area contributed by atoms with Gasteiger partial charge in [-0.1, -0.05) is 6.92 Å². The first-order valence-corrected chi connectivity index (χ1v) is 8.09. The summed E-state index contributed by atoms with van der Waals surface area (Å²) in [7, 11) is -4.09. The number of sulfonamides is 1. The molecule has 2 unspecified atom stereocenters. The average molecular weight is 320 g/mol. The van der Waals surface area contributed by atoms with Gasteiger partial charge >= 0.3 is 0 Å². The number of rotatable bonds is 3. The fourth-order valence-corrected chi connectivity index (χ4v) is 4.14. The molecule has 0 aromatic heterocycles. The highest BCUT2D eigenvalue weighted by Gasteiger charge is 2.37. The van der Waals surface area contributed by atoms with E-state index in [1.54, 1.807) is 6.92 Å². The van der Waals surface area contributed by atoms with Crippen LogP contribution in [0.2, 0.25) is 0 Å². The van der Waals surface area contributed by atoms with E-state index in [0.29, 0.717) is 12.5 Å². The van der Waals surface area contributed by atoms with Crippen molar-refractivity contribution in [1.82, 2.24) is 4.31 Å². The van der Waals surface area contributed by atoms with Crippen molar-refractivity contribution in [3.63, 3.8) is 0 Å². The molecule has 2 N–H and O–H groups in total. The van der Waals surface area contributed by atoms with Crippen molar-refractivity contribution >= 4 is 15.7 Å². The molecule has 1 aliphatic rings. The van der Waals surface area contributed by atoms with Crippen molar-refractivity contribution in [2.24, 2.45) is 0 Å². The normalized spacial score (nSPS) is 24.2. The van der Waals surface area contributed by atoms with E-state index < -0.39 is 32.2 Å². The van der Waals surface area contributed by atoms with E-state index in [-0.39, 0.29) is 25.3 Å². The molecule has 118 valence electrons. The highest BCUT2D eigenvalue weighted by Crippen LogP contribution is 2.28. The van der Waals surface area contributed by atoms with Gasteiger partial charge in [0.25, 0.3) is 0 Å². The van der Waals surface area contributed by atoms with Gasteiger partial charge in [0.05, 0.1) is 18.4 Å². The van der Waals surface area contributed by atoms with Crippen molar-refractivity contribution < 1.29 is 21.9 Å². The van der Waals surface area contributed by atoms with Crippen molar-refractivity contribution in [1.29, 1.82) is 0 Å². The van der Waals surface area contributed by atoms with Gasteiger partial charge in [-0.05, 0) is 19.4 Å². The Labute approximate surface area is 122 Å². The van der Waals surface area contributed by atoms with Crippen LogP contribution in [0.25, 0.3) is 0 Å². The first-order chi connectivity index (χ1) is 9.77. The predicted molar refractivity (Wildman–Crippen MR) is 74.2 cm³/mol. The van der Waals surface area contributed by atoms with Gasteiger partial charge in [-0.15, -0.1) is 0 Å². The molecule has 8 heteroatoms. The largest absolute Gasteiger partial charge is 0.396 e. The van der Waals surface area contributed by atoms with Gasteiger partial charge in [0.2, 0.25) is 10.0 Å². The number of hydrogen-bond donors (Lipinski definition) is 1. The topological polar surface area (TPSA) is 72.6 Å². The minimum absolute atomic E-state index is 0.123. The summed E-state index contributed by atoms with van der Waals surface area (Å²) < 4.78 is 59.0. The fourth-order valence-electron chi connectivity index (χ4n) is 2.30. The van der Waals surface area contributed by atoms with E-state index in [9.17, 15) is 17.2 Å². The van der Waals surface area contributed by atoms with Crippen LogP contribution in [0.1, 0.15) is 20.3 Å². The summed E-state index contributed by atoms with van der Waals surface area (Å²) in [5.74, 6) is -2.12. The number of nitrogens with two attached hydrogens (primary N) is 1. The Balaban J connectivity index is 2.47. The second kappa shape index (κ2) is 5.86. The van der Waals surface area contributed by atoms with Crippen LogP contribution >= 0.6 is 0 Å². The molecule has 0 saturated carbocycles. The molecule has 1 aromatic carbocycles. The van der Waals surface area contributed by atoms with Crippen LogP contribution < -0.4 is 5.73 Å². The van der Waals surface area contributed by atoms with Gasteiger partial charge in [0.1, 0.15) is 16.5 Å². The third-order valence-electron chi connectivity index (χ3n) is 3.53. The van der Waals surface area contributed by atoms with Crippen LogP contribution in [0.3, 0.4) is 0 Å². The van der Waals surface area contributed by atoms with Gasteiger partial charge in [0.15, 0.2) is 0 Å². The van der Waals surface area contributed by atoms with E-state index in [4.69, 9.17) is 10.5 Å². The molecule has 0 radical (unpaired) electrons. The van der Waals surface area contributed by atoms with Crippen LogP contribution in [-0.2, 0) is 14.8 Å². The number of nitrogen functional groups attached to an aromatic ring is 1. The summed E-state index contributed by atoms with van der Waals surface area (Å²) in [5.41, 5.74) is 4.96. The number of anilines is 1. The van der Waals surface area contributed by atoms with E-state index in [0.717, 1.165) is 6.07 Å². The maximum Gasteiger partial charge on any atom is 0.246 e. The van der Waals surface area contributed by atoms with Gasteiger partial charge in [-0.2, -0.15) is 4.31 Å². The Morgan fingerprint density at radius 3 is 2.67 bits per heavy atom. The predicted octanol–water partition coefficient (Wildman–Crippen LogP) is 1.74. The zero-order chi connectivity index (χ0) is 15.8. The zero-order valence-corrected chi connectivity index (χ0v) is 12.7. The third-order valence-corrected chi connectivity index (χ3v) is 5.46. The second-order valence-corrected chi connectivity index (χ2v) is 6.94. The molecule has 2 rings (SSSR count). The average Bonchev–Trinajstić information content (AvgIpc) is 2.42. The van der Waals surface area contributed by atoms with E-state index in [2.05, 4.69) is 0 Å². The Hall–Kier alpha value is -1.25. The minimum atomic E-state index is -4.09. The molecule has 1 heterocycles. The molecule has 0 aliphatic carbocycles. The highest BCUT2D eigenvalue weighted by atomic mass is 32.2. The van der Waals surface area contributed by atoms with Crippen LogP contribution in [0, 0.1) is 11.6 Å². The van der Waals surface area contributed by atoms with Crippen molar-refractivity contribution in [3.05, 3.63) is 23.8 Å². The van der Waals surface area contributed by atoms with Crippen molar-refractivity contribution in [2.75, 3.05) is 18.9 Å². The summed E-state index contributed by atoms with van der Waals surface area (Å²) >= 11 is 0. The molecule has 2 atom stereocenters. The Morgan fingerprint density at radius 2 is 2.05 bits per heavy atom. The Morgan fingerprint density at radius 1 is 1.38 bits per heavy atom. The number of benzene rings is 1. The minimum Gasteiger partial charge on any atom is -0.396 e. The lowest BCUT2D eigenvalue weighted by atomic mass is 10.2. The lowest BCUT2D eigenvalue weighted by molar-refractivity contribution is -0.0231. The van der Waals surface area contributed by atoms with Gasteiger partial charge in [0, 0.05) is 18.7 Å². The van der Waals surface area contributed by atoms with Crippen molar-refractivity contribution in [3.8, 4) is 0 Å². The second-order valence-electron chi connectivity index (χ2n) is 5.08. The SMILES string of the molecule is CCC1COC(C)CN1S(=O)(=O)c1cc(N)c(F)cc1F. The van der Waals surface area contributed by atoms with Gasteiger partial charge < -0.3 is 10.5 Å². The summed E-state index contributed by atoms with van der Waals surface area (Å²) in [6.45, 7) is 3.93. The molecule has 1 saturated heterocycles.